The van der Waals surface area contributed by atoms with Crippen molar-refractivity contribution < 1.29 is 9.90 Å². The molecule has 1 N–H and O–H groups in total. The first-order valence-corrected chi connectivity index (χ1v) is 5.37. The third kappa shape index (κ3) is 2.47. The standard InChI is InChI=1S/C10H12BrNO3/c1-3-8(10(14)15)12-5-7(11)6(2)4-9(12)13/h4-5,8H,3H2,1-2H3,(H,14,15). The van der Waals surface area contributed by atoms with Crippen LogP contribution in [0.3, 0.4) is 0 Å². The topological polar surface area (TPSA) is 59.3 Å². The van der Waals surface area contributed by atoms with Gasteiger partial charge in [0.1, 0.15) is 6.04 Å². The Labute approximate surface area is 95.7 Å². The van der Waals surface area contributed by atoms with Gasteiger partial charge in [0, 0.05) is 16.7 Å². The van der Waals surface area contributed by atoms with Crippen LogP contribution in [0.4, 0.5) is 0 Å². The van der Waals surface area contributed by atoms with Crippen molar-refractivity contribution in [2.24, 2.45) is 0 Å². The van der Waals surface area contributed by atoms with E-state index in [9.17, 15) is 9.59 Å². The molecule has 0 aliphatic heterocycles. The highest BCUT2D eigenvalue weighted by molar-refractivity contribution is 9.10. The molecule has 1 unspecified atom stereocenters. The Kier molecular flexibility index (Phi) is 3.68. The Morgan fingerprint density at radius 2 is 2.27 bits per heavy atom. The second kappa shape index (κ2) is 4.61. The highest BCUT2D eigenvalue weighted by Gasteiger charge is 2.18. The number of aliphatic carboxylic acids is 1. The number of halogens is 1. The molecule has 0 aliphatic carbocycles. The first kappa shape index (κ1) is 12.0. The summed E-state index contributed by atoms with van der Waals surface area (Å²) in [7, 11) is 0. The highest BCUT2D eigenvalue weighted by Crippen LogP contribution is 2.16. The molecule has 0 bridgehead atoms. The molecule has 0 fully saturated rings. The number of aryl methyl sites for hydroxylation is 1. The average Bonchev–Trinajstić information content (AvgIpc) is 2.14. The zero-order valence-corrected chi connectivity index (χ0v) is 10.1. The fourth-order valence-electron chi connectivity index (χ4n) is 1.35. The van der Waals surface area contributed by atoms with E-state index in [1.165, 1.54) is 16.8 Å². The molecule has 1 rings (SSSR count). The van der Waals surface area contributed by atoms with Gasteiger partial charge in [-0.1, -0.05) is 6.92 Å². The predicted octanol–water partition coefficient (Wildman–Crippen LogP) is 1.95. The average molecular weight is 274 g/mol. The zero-order chi connectivity index (χ0) is 11.6. The second-order valence-electron chi connectivity index (χ2n) is 3.31. The van der Waals surface area contributed by atoms with E-state index in [2.05, 4.69) is 15.9 Å². The number of rotatable bonds is 3. The number of aromatic nitrogens is 1. The van der Waals surface area contributed by atoms with Gasteiger partial charge in [0.15, 0.2) is 0 Å². The lowest BCUT2D eigenvalue weighted by Gasteiger charge is -2.14. The van der Waals surface area contributed by atoms with E-state index in [0.29, 0.717) is 6.42 Å². The number of nitrogens with zero attached hydrogens (tertiary/aromatic N) is 1. The van der Waals surface area contributed by atoms with Crippen molar-refractivity contribution >= 4 is 21.9 Å². The Bertz CT molecular complexity index is 439. The predicted molar refractivity (Wildman–Crippen MR) is 60.1 cm³/mol. The summed E-state index contributed by atoms with van der Waals surface area (Å²) in [6.07, 6.45) is 1.91. The van der Waals surface area contributed by atoms with Crippen LogP contribution in [-0.4, -0.2) is 15.6 Å². The Morgan fingerprint density at radius 1 is 1.67 bits per heavy atom. The molecule has 0 amide bonds. The first-order valence-electron chi connectivity index (χ1n) is 4.58. The summed E-state index contributed by atoms with van der Waals surface area (Å²) in [4.78, 5) is 22.5. The first-order chi connectivity index (χ1) is 6.97. The van der Waals surface area contributed by atoms with Crippen LogP contribution in [-0.2, 0) is 4.79 Å². The van der Waals surface area contributed by atoms with Crippen LogP contribution >= 0.6 is 15.9 Å². The van der Waals surface area contributed by atoms with E-state index < -0.39 is 12.0 Å². The fourth-order valence-corrected chi connectivity index (χ4v) is 1.69. The van der Waals surface area contributed by atoms with Gasteiger partial charge in [-0.15, -0.1) is 0 Å². The third-order valence-corrected chi connectivity index (χ3v) is 3.06. The monoisotopic (exact) mass is 273 g/mol. The van der Waals surface area contributed by atoms with Gasteiger partial charge in [0.25, 0.3) is 5.56 Å². The number of hydrogen-bond acceptors (Lipinski definition) is 2. The third-order valence-electron chi connectivity index (χ3n) is 2.23. The maximum absolute atomic E-state index is 11.6. The van der Waals surface area contributed by atoms with Crippen LogP contribution in [0.1, 0.15) is 24.9 Å². The molecule has 1 aromatic rings. The molecule has 1 atom stereocenters. The smallest absolute Gasteiger partial charge is 0.326 e. The molecule has 1 aromatic heterocycles. The van der Waals surface area contributed by atoms with Crippen molar-refractivity contribution in [1.82, 2.24) is 4.57 Å². The van der Waals surface area contributed by atoms with Crippen LogP contribution in [0.2, 0.25) is 0 Å². The van der Waals surface area contributed by atoms with Gasteiger partial charge in [-0.05, 0) is 34.8 Å². The maximum atomic E-state index is 11.6. The van der Waals surface area contributed by atoms with Crippen molar-refractivity contribution in [2.75, 3.05) is 0 Å². The molecular weight excluding hydrogens is 262 g/mol. The Morgan fingerprint density at radius 3 is 2.73 bits per heavy atom. The minimum Gasteiger partial charge on any atom is -0.480 e. The number of carboxylic acid groups (broad SMARTS) is 1. The maximum Gasteiger partial charge on any atom is 0.326 e. The van der Waals surface area contributed by atoms with Gasteiger partial charge < -0.3 is 9.67 Å². The molecule has 0 aliphatic rings. The minimum atomic E-state index is -0.990. The van der Waals surface area contributed by atoms with E-state index in [0.717, 1.165) is 10.0 Å². The van der Waals surface area contributed by atoms with Crippen LogP contribution in [0.15, 0.2) is 21.5 Å². The van der Waals surface area contributed by atoms with Crippen LogP contribution < -0.4 is 5.56 Å². The number of carbonyl (C=O) groups is 1. The molecule has 1 heterocycles. The van der Waals surface area contributed by atoms with Crippen LogP contribution in [0, 0.1) is 6.92 Å². The van der Waals surface area contributed by atoms with Crippen molar-refractivity contribution in [1.29, 1.82) is 0 Å². The molecule has 0 saturated heterocycles. The zero-order valence-electron chi connectivity index (χ0n) is 8.53. The molecular formula is C10H12BrNO3. The van der Waals surface area contributed by atoms with Gasteiger partial charge in [0.2, 0.25) is 0 Å². The Hall–Kier alpha value is -1.10. The second-order valence-corrected chi connectivity index (χ2v) is 4.17. The van der Waals surface area contributed by atoms with Crippen molar-refractivity contribution in [3.8, 4) is 0 Å². The summed E-state index contributed by atoms with van der Waals surface area (Å²) in [5.41, 5.74) is 0.515. The molecule has 0 saturated carbocycles. The quantitative estimate of drug-likeness (QED) is 0.916. The SMILES string of the molecule is CCC(C(=O)O)n1cc(Br)c(C)cc1=O. The van der Waals surface area contributed by atoms with Crippen molar-refractivity contribution in [2.45, 2.75) is 26.3 Å². The van der Waals surface area contributed by atoms with Gasteiger partial charge in [-0.25, -0.2) is 4.79 Å². The van der Waals surface area contributed by atoms with E-state index in [1.807, 2.05) is 0 Å². The molecule has 4 nitrogen and oxygen atoms in total. The van der Waals surface area contributed by atoms with Gasteiger partial charge >= 0.3 is 5.97 Å². The van der Waals surface area contributed by atoms with Crippen LogP contribution in [0.5, 0.6) is 0 Å². The van der Waals surface area contributed by atoms with Crippen molar-refractivity contribution in [3.63, 3.8) is 0 Å². The van der Waals surface area contributed by atoms with Crippen LogP contribution in [0.25, 0.3) is 0 Å². The molecule has 5 heteroatoms. The van der Waals surface area contributed by atoms with E-state index in [4.69, 9.17) is 5.11 Å². The van der Waals surface area contributed by atoms with Crippen molar-refractivity contribution in [3.05, 3.63) is 32.7 Å². The number of pyridine rings is 1. The van der Waals surface area contributed by atoms with Gasteiger partial charge in [-0.3, -0.25) is 4.79 Å². The molecule has 82 valence electrons. The summed E-state index contributed by atoms with van der Waals surface area (Å²) < 4.78 is 1.97. The lowest BCUT2D eigenvalue weighted by molar-refractivity contribution is -0.141. The summed E-state index contributed by atoms with van der Waals surface area (Å²) in [5, 5.41) is 8.94. The molecule has 0 radical (unpaired) electrons. The van der Waals surface area contributed by atoms with E-state index >= 15 is 0 Å². The lowest BCUT2D eigenvalue weighted by Crippen LogP contribution is -2.29. The molecule has 15 heavy (non-hydrogen) atoms. The largest absolute Gasteiger partial charge is 0.480 e. The number of hydrogen-bond donors (Lipinski definition) is 1. The van der Waals surface area contributed by atoms with E-state index in [-0.39, 0.29) is 5.56 Å². The summed E-state index contributed by atoms with van der Waals surface area (Å²) in [6, 6.07) is 0.629. The summed E-state index contributed by atoms with van der Waals surface area (Å²) in [6.45, 7) is 3.52. The van der Waals surface area contributed by atoms with Gasteiger partial charge in [-0.2, -0.15) is 0 Å². The minimum absolute atomic E-state index is 0.287. The Balaban J connectivity index is 3.30. The molecule has 0 spiro atoms. The lowest BCUT2D eigenvalue weighted by atomic mass is 10.2. The fraction of sp³-hybridized carbons (Fsp3) is 0.400. The molecule has 0 aromatic carbocycles. The highest BCUT2D eigenvalue weighted by atomic mass is 79.9. The summed E-state index contributed by atoms with van der Waals surface area (Å²) in [5.74, 6) is -0.990. The van der Waals surface area contributed by atoms with E-state index in [1.54, 1.807) is 13.8 Å². The summed E-state index contributed by atoms with van der Waals surface area (Å²) >= 11 is 3.27. The van der Waals surface area contributed by atoms with Gasteiger partial charge in [0.05, 0.1) is 0 Å². The number of carboxylic acids is 1. The normalized spacial score (nSPS) is 12.5.